The Morgan fingerprint density at radius 2 is 1.52 bits per heavy atom. The maximum Gasteiger partial charge on any atom is 0.134 e. The summed E-state index contributed by atoms with van der Waals surface area (Å²) in [5.74, 6) is 1.64. The Balaban J connectivity index is 1.77. The Hall–Kier alpha value is -1.58. The van der Waals surface area contributed by atoms with Crippen LogP contribution in [0.3, 0.4) is 0 Å². The van der Waals surface area contributed by atoms with Crippen LogP contribution in [0, 0.1) is 5.92 Å². The number of hydrogen-bond donors (Lipinski definition) is 1. The summed E-state index contributed by atoms with van der Waals surface area (Å²) in [4.78, 5) is 0. The van der Waals surface area contributed by atoms with Crippen LogP contribution in [0.25, 0.3) is 0 Å². The van der Waals surface area contributed by atoms with Gasteiger partial charge >= 0.3 is 0 Å². The Morgan fingerprint density at radius 3 is 2.14 bits per heavy atom. The number of ether oxygens (including phenoxy) is 2. The zero-order valence-electron chi connectivity index (χ0n) is 11.6. The Bertz CT molecular complexity index is 585. The third kappa shape index (κ3) is 5.03. The van der Waals surface area contributed by atoms with E-state index in [1.165, 1.54) is 6.07 Å². The maximum atomic E-state index is 9.33. The normalized spacial score (nSPS) is 12.0. The lowest BCUT2D eigenvalue weighted by molar-refractivity contribution is 0.188. The molecule has 21 heavy (non-hydrogen) atoms. The van der Waals surface area contributed by atoms with E-state index in [0.717, 1.165) is 5.75 Å². The van der Waals surface area contributed by atoms with Gasteiger partial charge in [0.2, 0.25) is 0 Å². The fourth-order valence-electron chi connectivity index (χ4n) is 1.63. The Kier molecular flexibility index (Phi) is 5.59. The molecule has 1 N–H and O–H groups in total. The summed E-state index contributed by atoms with van der Waals surface area (Å²) >= 11 is 11.6. The molecule has 0 aliphatic carbocycles. The van der Waals surface area contributed by atoms with Crippen LogP contribution in [0.2, 0.25) is 10.0 Å². The van der Waals surface area contributed by atoms with E-state index in [9.17, 15) is 5.11 Å². The standard InChI is InChI=1S/C16H16Cl2O3/c1-11(9-20-13-4-2-12(17)3-5-13)10-21-14-6-7-16(19)15(18)8-14/h2-8,11,19H,9-10H2,1H3. The predicted molar refractivity (Wildman–Crippen MR) is 84.7 cm³/mol. The van der Waals surface area contributed by atoms with E-state index in [0.29, 0.717) is 24.0 Å². The van der Waals surface area contributed by atoms with Crippen LogP contribution in [-0.2, 0) is 0 Å². The average molecular weight is 327 g/mol. The van der Waals surface area contributed by atoms with Crippen LogP contribution < -0.4 is 9.47 Å². The van der Waals surface area contributed by atoms with Crippen molar-refractivity contribution in [3.63, 3.8) is 0 Å². The molecule has 0 aliphatic rings. The van der Waals surface area contributed by atoms with Gasteiger partial charge in [0.15, 0.2) is 0 Å². The van der Waals surface area contributed by atoms with Crippen molar-refractivity contribution in [3.05, 3.63) is 52.5 Å². The molecule has 0 fully saturated rings. The van der Waals surface area contributed by atoms with Crippen molar-refractivity contribution in [1.82, 2.24) is 0 Å². The molecule has 1 atom stereocenters. The van der Waals surface area contributed by atoms with Crippen molar-refractivity contribution in [2.45, 2.75) is 6.92 Å². The molecule has 112 valence electrons. The molecule has 2 rings (SSSR count). The lowest BCUT2D eigenvalue weighted by Crippen LogP contribution is -2.16. The molecule has 0 aromatic heterocycles. The first-order valence-corrected chi connectivity index (χ1v) is 7.30. The molecule has 0 bridgehead atoms. The quantitative estimate of drug-likeness (QED) is 0.829. The van der Waals surface area contributed by atoms with E-state index in [2.05, 4.69) is 0 Å². The second-order valence-corrected chi connectivity index (χ2v) is 5.64. The highest BCUT2D eigenvalue weighted by Gasteiger charge is 2.06. The van der Waals surface area contributed by atoms with Gasteiger partial charge in [-0.2, -0.15) is 0 Å². The molecule has 1 unspecified atom stereocenters. The summed E-state index contributed by atoms with van der Waals surface area (Å²) in [6.07, 6.45) is 0. The molecule has 0 spiro atoms. The van der Waals surface area contributed by atoms with Crippen molar-refractivity contribution in [1.29, 1.82) is 0 Å². The van der Waals surface area contributed by atoms with E-state index in [1.807, 2.05) is 19.1 Å². The molecular weight excluding hydrogens is 311 g/mol. The van der Waals surface area contributed by atoms with Crippen molar-refractivity contribution in [3.8, 4) is 17.2 Å². The van der Waals surface area contributed by atoms with E-state index in [1.54, 1.807) is 24.3 Å². The van der Waals surface area contributed by atoms with Crippen molar-refractivity contribution < 1.29 is 14.6 Å². The number of rotatable bonds is 6. The first kappa shape index (κ1) is 15.8. The Labute approximate surface area is 134 Å². The summed E-state index contributed by atoms with van der Waals surface area (Å²) in [6.45, 7) is 3.06. The molecule has 5 heteroatoms. The topological polar surface area (TPSA) is 38.7 Å². The minimum Gasteiger partial charge on any atom is -0.506 e. The summed E-state index contributed by atoms with van der Waals surface area (Å²) in [7, 11) is 0. The van der Waals surface area contributed by atoms with E-state index in [-0.39, 0.29) is 16.7 Å². The number of aromatic hydroxyl groups is 1. The van der Waals surface area contributed by atoms with Crippen LogP contribution in [0.1, 0.15) is 6.92 Å². The first-order chi connectivity index (χ1) is 10.0. The summed E-state index contributed by atoms with van der Waals surface area (Å²) in [5, 5.41) is 10.3. The SMILES string of the molecule is CC(COc1ccc(Cl)cc1)COc1ccc(O)c(Cl)c1. The number of hydrogen-bond acceptors (Lipinski definition) is 3. The molecule has 2 aromatic carbocycles. The lowest BCUT2D eigenvalue weighted by Gasteiger charge is -2.14. The van der Waals surface area contributed by atoms with Gasteiger partial charge in [0, 0.05) is 17.0 Å². The number of benzene rings is 2. The summed E-state index contributed by atoms with van der Waals surface area (Å²) in [6, 6.07) is 12.0. The molecule has 0 radical (unpaired) electrons. The van der Waals surface area contributed by atoms with E-state index < -0.39 is 0 Å². The smallest absolute Gasteiger partial charge is 0.134 e. The molecule has 3 nitrogen and oxygen atoms in total. The van der Waals surface area contributed by atoms with Gasteiger partial charge in [0.25, 0.3) is 0 Å². The van der Waals surface area contributed by atoms with Gasteiger partial charge in [0.1, 0.15) is 17.2 Å². The molecule has 0 aliphatic heterocycles. The minimum atomic E-state index is 0.0446. The highest BCUT2D eigenvalue weighted by atomic mass is 35.5. The minimum absolute atomic E-state index is 0.0446. The number of halogens is 2. The first-order valence-electron chi connectivity index (χ1n) is 6.54. The zero-order valence-corrected chi connectivity index (χ0v) is 13.1. The van der Waals surface area contributed by atoms with Crippen LogP contribution in [0.15, 0.2) is 42.5 Å². The monoisotopic (exact) mass is 326 g/mol. The third-order valence-corrected chi connectivity index (χ3v) is 3.36. The number of phenols is 1. The highest BCUT2D eigenvalue weighted by Crippen LogP contribution is 2.27. The molecule has 0 saturated heterocycles. The molecule has 0 saturated carbocycles. The van der Waals surface area contributed by atoms with Gasteiger partial charge in [-0.05, 0) is 36.4 Å². The Morgan fingerprint density at radius 1 is 0.952 bits per heavy atom. The van der Waals surface area contributed by atoms with Crippen LogP contribution >= 0.6 is 23.2 Å². The van der Waals surface area contributed by atoms with Gasteiger partial charge in [0.05, 0.1) is 18.2 Å². The van der Waals surface area contributed by atoms with Gasteiger partial charge < -0.3 is 14.6 Å². The molecule has 0 amide bonds. The van der Waals surface area contributed by atoms with Gasteiger partial charge in [-0.1, -0.05) is 30.1 Å². The lowest BCUT2D eigenvalue weighted by atomic mass is 10.2. The third-order valence-electron chi connectivity index (χ3n) is 2.80. The van der Waals surface area contributed by atoms with E-state index in [4.69, 9.17) is 32.7 Å². The van der Waals surface area contributed by atoms with Gasteiger partial charge in [-0.3, -0.25) is 0 Å². The van der Waals surface area contributed by atoms with Crippen molar-refractivity contribution in [2.75, 3.05) is 13.2 Å². The maximum absolute atomic E-state index is 9.33. The summed E-state index contributed by atoms with van der Waals surface area (Å²) < 4.78 is 11.3. The van der Waals surface area contributed by atoms with Crippen molar-refractivity contribution in [2.24, 2.45) is 5.92 Å². The fraction of sp³-hybridized carbons (Fsp3) is 0.250. The largest absolute Gasteiger partial charge is 0.506 e. The van der Waals surface area contributed by atoms with Gasteiger partial charge in [-0.15, -0.1) is 0 Å². The summed E-state index contributed by atoms with van der Waals surface area (Å²) in [5.41, 5.74) is 0. The van der Waals surface area contributed by atoms with Gasteiger partial charge in [-0.25, -0.2) is 0 Å². The second-order valence-electron chi connectivity index (χ2n) is 4.79. The fourth-order valence-corrected chi connectivity index (χ4v) is 1.93. The van der Waals surface area contributed by atoms with Crippen molar-refractivity contribution >= 4 is 23.2 Å². The molecular formula is C16H16Cl2O3. The molecule has 2 aromatic rings. The van der Waals surface area contributed by atoms with Crippen LogP contribution in [0.4, 0.5) is 0 Å². The highest BCUT2D eigenvalue weighted by molar-refractivity contribution is 6.32. The van der Waals surface area contributed by atoms with Crippen LogP contribution in [0.5, 0.6) is 17.2 Å². The second kappa shape index (κ2) is 7.43. The predicted octanol–water partition coefficient (Wildman–Crippen LogP) is 4.79. The van der Waals surface area contributed by atoms with Crippen LogP contribution in [-0.4, -0.2) is 18.3 Å². The zero-order chi connectivity index (χ0) is 15.2. The number of phenolic OH excluding ortho intramolecular Hbond substituents is 1. The van der Waals surface area contributed by atoms with E-state index >= 15 is 0 Å². The molecule has 0 heterocycles. The average Bonchev–Trinajstić information content (AvgIpc) is 2.48.